The van der Waals surface area contributed by atoms with Crippen molar-refractivity contribution >= 4 is 21.4 Å². The van der Waals surface area contributed by atoms with Crippen molar-refractivity contribution in [1.82, 2.24) is 0 Å². The Balaban J connectivity index is 2.21. The number of sulfonamides is 1. The largest absolute Gasteiger partial charge is 0.492 e. The normalized spacial score (nSPS) is 11.3. The van der Waals surface area contributed by atoms with E-state index >= 15 is 0 Å². The summed E-state index contributed by atoms with van der Waals surface area (Å²) in [6, 6.07) is 18.9. The Kier molecular flexibility index (Phi) is 6.05. The third-order valence-corrected chi connectivity index (χ3v) is 5.88. The van der Waals surface area contributed by atoms with E-state index < -0.39 is 10.0 Å². The monoisotopic (exact) mass is 425 g/mol. The highest BCUT2D eigenvalue weighted by Gasteiger charge is 2.18. The third-order valence-electron chi connectivity index (χ3n) is 4.95. The second kappa shape index (κ2) is 8.38. The third kappa shape index (κ3) is 4.27. The molecule has 2 N–H and O–H groups in total. The van der Waals surface area contributed by atoms with Gasteiger partial charge in [-0.15, -0.1) is 0 Å². The second-order valence-electron chi connectivity index (χ2n) is 7.45. The Bertz CT molecular complexity index is 1130. The van der Waals surface area contributed by atoms with Crippen molar-refractivity contribution in [1.29, 1.82) is 0 Å². The van der Waals surface area contributed by atoms with Gasteiger partial charge in [0.15, 0.2) is 5.75 Å². The molecule has 30 heavy (non-hydrogen) atoms. The molecule has 6 nitrogen and oxygen atoms in total. The number of anilines is 2. The summed E-state index contributed by atoms with van der Waals surface area (Å²) in [4.78, 5) is 4.15. The van der Waals surface area contributed by atoms with Crippen molar-refractivity contribution < 1.29 is 13.2 Å². The highest BCUT2D eigenvalue weighted by molar-refractivity contribution is 7.89. The van der Waals surface area contributed by atoms with E-state index in [9.17, 15) is 8.42 Å². The van der Waals surface area contributed by atoms with Crippen molar-refractivity contribution in [3.63, 3.8) is 0 Å². The van der Waals surface area contributed by atoms with Gasteiger partial charge in [0.1, 0.15) is 0 Å². The maximum absolute atomic E-state index is 11.6. The van der Waals surface area contributed by atoms with Gasteiger partial charge in [0.05, 0.1) is 23.4 Å². The minimum atomic E-state index is -3.73. The molecule has 0 aliphatic rings. The van der Waals surface area contributed by atoms with Crippen LogP contribution in [0.3, 0.4) is 0 Å². The first-order valence-electron chi connectivity index (χ1n) is 9.43. The molecular formula is C23H27N3O3S. The van der Waals surface area contributed by atoms with E-state index in [4.69, 9.17) is 9.88 Å². The fraction of sp³-hybridized carbons (Fsp3) is 0.217. The molecule has 0 fully saturated rings. The molecule has 158 valence electrons. The van der Waals surface area contributed by atoms with Crippen molar-refractivity contribution in [2.24, 2.45) is 5.14 Å². The lowest BCUT2D eigenvalue weighted by atomic mass is 9.93. The molecule has 0 unspecified atom stereocenters. The molecule has 3 rings (SSSR count). The Morgan fingerprint density at radius 2 is 1.23 bits per heavy atom. The van der Waals surface area contributed by atoms with E-state index in [1.54, 1.807) is 19.2 Å². The van der Waals surface area contributed by atoms with E-state index in [0.717, 1.165) is 39.4 Å². The maximum atomic E-state index is 11.6. The summed E-state index contributed by atoms with van der Waals surface area (Å²) < 4.78 is 28.9. The van der Waals surface area contributed by atoms with Gasteiger partial charge >= 0.3 is 0 Å². The molecule has 0 bridgehead atoms. The fourth-order valence-electron chi connectivity index (χ4n) is 3.44. The number of benzene rings is 3. The summed E-state index contributed by atoms with van der Waals surface area (Å²) in [6.07, 6.45) is 0. The lowest BCUT2D eigenvalue weighted by molar-refractivity contribution is 0.416. The number of rotatable bonds is 6. The molecule has 7 heteroatoms. The Hall–Kier alpha value is -3.03. The number of methoxy groups -OCH3 is 1. The van der Waals surface area contributed by atoms with Crippen LogP contribution in [0.5, 0.6) is 5.75 Å². The summed E-state index contributed by atoms with van der Waals surface area (Å²) in [7, 11) is 5.89. The van der Waals surface area contributed by atoms with Crippen molar-refractivity contribution in [3.05, 3.63) is 60.7 Å². The summed E-state index contributed by atoms with van der Waals surface area (Å²) in [5.74, 6) is 0.809. The maximum Gasteiger partial charge on any atom is 0.238 e. The van der Waals surface area contributed by atoms with Crippen LogP contribution in [0.2, 0.25) is 0 Å². The van der Waals surface area contributed by atoms with Gasteiger partial charge < -0.3 is 14.5 Å². The first-order valence-corrected chi connectivity index (χ1v) is 11.0. The van der Waals surface area contributed by atoms with Gasteiger partial charge in [0.25, 0.3) is 0 Å². The van der Waals surface area contributed by atoms with Crippen LogP contribution in [0.4, 0.5) is 11.4 Å². The van der Waals surface area contributed by atoms with E-state index in [2.05, 4.69) is 18.2 Å². The Morgan fingerprint density at radius 1 is 0.767 bits per heavy atom. The average molecular weight is 426 g/mol. The molecule has 0 spiro atoms. The van der Waals surface area contributed by atoms with Crippen molar-refractivity contribution in [2.45, 2.75) is 4.90 Å². The minimum Gasteiger partial charge on any atom is -0.492 e. The number of hydrogen-bond acceptors (Lipinski definition) is 5. The molecule has 0 radical (unpaired) electrons. The predicted molar refractivity (Wildman–Crippen MR) is 124 cm³/mol. The zero-order valence-corrected chi connectivity index (χ0v) is 18.7. The molecule has 3 aromatic rings. The quantitative estimate of drug-likeness (QED) is 0.650. The molecule has 0 aliphatic carbocycles. The Morgan fingerprint density at radius 3 is 1.63 bits per heavy atom. The van der Waals surface area contributed by atoms with Crippen LogP contribution in [-0.2, 0) is 10.0 Å². The molecular weight excluding hydrogens is 398 g/mol. The van der Waals surface area contributed by atoms with Gasteiger partial charge in [-0.25, -0.2) is 13.6 Å². The first-order chi connectivity index (χ1) is 14.1. The SMILES string of the molecule is COc1c(N(C)C)cc(-c2ccccc2-c2ccc(S(N)(=O)=O)cc2)cc1N(C)C. The molecule has 0 atom stereocenters. The van der Waals surface area contributed by atoms with Crippen LogP contribution in [0, 0.1) is 0 Å². The summed E-state index contributed by atoms with van der Waals surface area (Å²) in [6.45, 7) is 0. The van der Waals surface area contributed by atoms with Crippen LogP contribution in [-0.4, -0.2) is 43.7 Å². The van der Waals surface area contributed by atoms with Crippen LogP contribution in [0.15, 0.2) is 65.6 Å². The van der Waals surface area contributed by atoms with Gasteiger partial charge in [-0.1, -0.05) is 36.4 Å². The highest BCUT2D eigenvalue weighted by Crippen LogP contribution is 2.43. The van der Waals surface area contributed by atoms with Crippen molar-refractivity contribution in [2.75, 3.05) is 45.1 Å². The zero-order chi connectivity index (χ0) is 22.1. The average Bonchev–Trinajstić information content (AvgIpc) is 2.72. The lowest BCUT2D eigenvalue weighted by Gasteiger charge is -2.25. The van der Waals surface area contributed by atoms with Crippen LogP contribution in [0.1, 0.15) is 0 Å². The second-order valence-corrected chi connectivity index (χ2v) is 9.01. The Labute approximate surface area is 178 Å². The minimum absolute atomic E-state index is 0.0953. The topological polar surface area (TPSA) is 75.9 Å². The van der Waals surface area contributed by atoms with E-state index in [-0.39, 0.29) is 4.90 Å². The van der Waals surface area contributed by atoms with Gasteiger partial charge in [0, 0.05) is 28.2 Å². The van der Waals surface area contributed by atoms with E-state index in [0.29, 0.717) is 0 Å². The number of nitrogens with two attached hydrogens (primary N) is 1. The van der Waals surface area contributed by atoms with Gasteiger partial charge in [0.2, 0.25) is 10.0 Å². The molecule has 0 saturated carbocycles. The van der Waals surface area contributed by atoms with Gasteiger partial charge in [-0.05, 0) is 46.5 Å². The molecule has 0 heterocycles. The standard InChI is InChI=1S/C23H27N3O3S/c1-25(2)21-14-17(15-22(26(3)4)23(21)29-5)20-9-7-6-8-19(20)16-10-12-18(13-11-16)30(24,27)28/h6-15H,1-5H3,(H2,24,27,28). The summed E-state index contributed by atoms with van der Waals surface area (Å²) in [5.41, 5.74) is 5.92. The smallest absolute Gasteiger partial charge is 0.238 e. The molecule has 0 amide bonds. The number of hydrogen-bond donors (Lipinski definition) is 1. The highest BCUT2D eigenvalue weighted by atomic mass is 32.2. The molecule has 0 saturated heterocycles. The van der Waals surface area contributed by atoms with Crippen LogP contribution < -0.4 is 19.7 Å². The molecule has 3 aromatic carbocycles. The number of nitrogens with zero attached hydrogens (tertiary/aromatic N) is 2. The molecule has 0 aliphatic heterocycles. The molecule has 0 aromatic heterocycles. The number of ether oxygens (including phenoxy) is 1. The number of primary sulfonamides is 1. The van der Waals surface area contributed by atoms with Crippen LogP contribution in [0.25, 0.3) is 22.3 Å². The van der Waals surface area contributed by atoms with E-state index in [1.165, 1.54) is 12.1 Å². The van der Waals surface area contributed by atoms with Crippen molar-refractivity contribution in [3.8, 4) is 28.0 Å². The first kappa shape index (κ1) is 21.7. The predicted octanol–water partition coefficient (Wildman–Crippen LogP) is 3.81. The lowest BCUT2D eigenvalue weighted by Crippen LogP contribution is -2.15. The van der Waals surface area contributed by atoms with Crippen LogP contribution >= 0.6 is 0 Å². The van der Waals surface area contributed by atoms with Gasteiger partial charge in [-0.2, -0.15) is 0 Å². The van der Waals surface area contributed by atoms with Gasteiger partial charge in [-0.3, -0.25) is 0 Å². The summed E-state index contributed by atoms with van der Waals surface area (Å²) in [5, 5.41) is 5.23. The summed E-state index contributed by atoms with van der Waals surface area (Å²) >= 11 is 0. The van der Waals surface area contributed by atoms with E-state index in [1.807, 2.05) is 56.2 Å². The zero-order valence-electron chi connectivity index (χ0n) is 17.9. The fourth-order valence-corrected chi connectivity index (χ4v) is 3.95.